The third kappa shape index (κ3) is 3.33. The van der Waals surface area contributed by atoms with Gasteiger partial charge >= 0.3 is 0 Å². The Balaban J connectivity index is 2.49. The van der Waals surface area contributed by atoms with E-state index in [0.29, 0.717) is 0 Å². The fourth-order valence-corrected chi connectivity index (χ4v) is 1.91. The molecule has 0 heterocycles. The van der Waals surface area contributed by atoms with Crippen LogP contribution in [-0.2, 0) is 0 Å². The second-order valence-corrected chi connectivity index (χ2v) is 4.30. The lowest BCUT2D eigenvalue weighted by molar-refractivity contribution is 0.302. The number of halogens is 1. The molecule has 0 aliphatic rings. The van der Waals surface area contributed by atoms with Crippen LogP contribution in [0.2, 0.25) is 0 Å². The summed E-state index contributed by atoms with van der Waals surface area (Å²) >= 11 is 3.49. The molecule has 0 amide bonds. The predicted octanol–water partition coefficient (Wildman–Crippen LogP) is 4.33. The Bertz CT molecular complexity index is 263. The van der Waals surface area contributed by atoms with E-state index in [-0.39, 0.29) is 0 Å². The zero-order valence-corrected chi connectivity index (χ0v) is 10.4. The van der Waals surface area contributed by atoms with Gasteiger partial charge in [0, 0.05) is 0 Å². The van der Waals surface area contributed by atoms with Crippen molar-refractivity contribution in [3.8, 4) is 5.75 Å². The molecule has 0 bridgehead atoms. The van der Waals surface area contributed by atoms with Gasteiger partial charge in [0.25, 0.3) is 0 Å². The summed E-state index contributed by atoms with van der Waals surface area (Å²) in [6, 6.07) is 6.11. The minimum atomic E-state index is 0.817. The summed E-state index contributed by atoms with van der Waals surface area (Å²) in [5.41, 5.74) is 1.19. The monoisotopic (exact) mass is 256 g/mol. The molecule has 0 saturated carbocycles. The number of benzene rings is 1. The lowest BCUT2D eigenvalue weighted by atomic mass is 10.2. The Morgan fingerprint density at radius 3 is 2.71 bits per heavy atom. The van der Waals surface area contributed by atoms with Crippen LogP contribution in [0.1, 0.15) is 31.7 Å². The van der Waals surface area contributed by atoms with E-state index in [1.807, 2.05) is 12.1 Å². The lowest BCUT2D eigenvalue weighted by Gasteiger charge is -2.10. The minimum Gasteiger partial charge on any atom is -0.492 e. The van der Waals surface area contributed by atoms with Crippen LogP contribution < -0.4 is 4.74 Å². The van der Waals surface area contributed by atoms with Crippen LogP contribution in [-0.4, -0.2) is 6.61 Å². The highest BCUT2D eigenvalue weighted by atomic mass is 79.9. The quantitative estimate of drug-likeness (QED) is 0.713. The highest BCUT2D eigenvalue weighted by Gasteiger charge is 2.03. The molecule has 0 aromatic heterocycles. The summed E-state index contributed by atoms with van der Waals surface area (Å²) in [4.78, 5) is 0. The van der Waals surface area contributed by atoms with Gasteiger partial charge in [-0.3, -0.25) is 0 Å². The van der Waals surface area contributed by atoms with Gasteiger partial charge in [-0.15, -0.1) is 0 Å². The SMILES string of the molecule is CCCCCOc1c(C)cccc1Br. The van der Waals surface area contributed by atoms with Gasteiger partial charge in [-0.2, -0.15) is 0 Å². The topological polar surface area (TPSA) is 9.23 Å². The molecule has 1 aromatic carbocycles. The minimum absolute atomic E-state index is 0.817. The molecular formula is C12H17BrO. The zero-order valence-electron chi connectivity index (χ0n) is 8.85. The van der Waals surface area contributed by atoms with Gasteiger partial charge < -0.3 is 4.74 Å². The van der Waals surface area contributed by atoms with Crippen LogP contribution in [0.5, 0.6) is 5.75 Å². The van der Waals surface area contributed by atoms with Crippen molar-refractivity contribution in [2.45, 2.75) is 33.1 Å². The Labute approximate surface area is 94.6 Å². The Kier molecular flexibility index (Phi) is 5.02. The van der Waals surface area contributed by atoms with Crippen LogP contribution in [0.25, 0.3) is 0 Å². The second kappa shape index (κ2) is 6.07. The third-order valence-corrected chi connectivity index (χ3v) is 2.78. The summed E-state index contributed by atoms with van der Waals surface area (Å²) in [6.07, 6.45) is 3.61. The number of hydrogen-bond donors (Lipinski definition) is 0. The van der Waals surface area contributed by atoms with E-state index in [1.54, 1.807) is 0 Å². The molecule has 78 valence electrons. The lowest BCUT2D eigenvalue weighted by Crippen LogP contribution is -1.99. The molecule has 0 unspecified atom stereocenters. The van der Waals surface area contributed by atoms with Crippen molar-refractivity contribution >= 4 is 15.9 Å². The van der Waals surface area contributed by atoms with E-state index in [9.17, 15) is 0 Å². The number of unbranched alkanes of at least 4 members (excludes halogenated alkanes) is 2. The van der Waals surface area contributed by atoms with Gasteiger partial charge in [0.1, 0.15) is 5.75 Å². The molecule has 0 spiro atoms. The molecule has 0 saturated heterocycles. The first kappa shape index (κ1) is 11.6. The molecule has 0 atom stereocenters. The molecule has 0 N–H and O–H groups in total. The third-order valence-electron chi connectivity index (χ3n) is 2.16. The molecule has 0 aliphatic carbocycles. The summed E-state index contributed by atoms with van der Waals surface area (Å²) in [5.74, 6) is 0.989. The van der Waals surface area contributed by atoms with Crippen LogP contribution >= 0.6 is 15.9 Å². The highest BCUT2D eigenvalue weighted by Crippen LogP contribution is 2.28. The first-order valence-corrected chi connectivity index (χ1v) is 5.93. The molecular weight excluding hydrogens is 240 g/mol. The van der Waals surface area contributed by atoms with Crippen LogP contribution in [0, 0.1) is 6.92 Å². The first-order chi connectivity index (χ1) is 6.75. The molecule has 14 heavy (non-hydrogen) atoms. The number of rotatable bonds is 5. The second-order valence-electron chi connectivity index (χ2n) is 3.44. The predicted molar refractivity (Wildman–Crippen MR) is 63.9 cm³/mol. The van der Waals surface area contributed by atoms with Crippen LogP contribution in [0.4, 0.5) is 0 Å². The summed E-state index contributed by atoms with van der Waals surface area (Å²) < 4.78 is 6.77. The number of hydrogen-bond acceptors (Lipinski definition) is 1. The molecule has 1 rings (SSSR count). The number of ether oxygens (including phenoxy) is 1. The summed E-state index contributed by atoms with van der Waals surface area (Å²) in [5, 5.41) is 0. The standard InChI is InChI=1S/C12H17BrO/c1-3-4-5-9-14-12-10(2)7-6-8-11(12)13/h6-8H,3-5,9H2,1-2H3. The molecule has 0 aliphatic heterocycles. The summed E-state index contributed by atoms with van der Waals surface area (Å²) in [7, 11) is 0. The normalized spacial score (nSPS) is 10.2. The largest absolute Gasteiger partial charge is 0.492 e. The maximum absolute atomic E-state index is 5.72. The molecule has 1 nitrogen and oxygen atoms in total. The van der Waals surface area contributed by atoms with E-state index >= 15 is 0 Å². The summed E-state index contributed by atoms with van der Waals surface area (Å²) in [6.45, 7) is 5.08. The van der Waals surface area contributed by atoms with Gasteiger partial charge in [0.2, 0.25) is 0 Å². The first-order valence-electron chi connectivity index (χ1n) is 5.13. The Morgan fingerprint density at radius 1 is 1.29 bits per heavy atom. The maximum atomic E-state index is 5.72. The van der Waals surface area contributed by atoms with E-state index in [4.69, 9.17) is 4.74 Å². The van der Waals surface area contributed by atoms with E-state index in [0.717, 1.165) is 23.2 Å². The average molecular weight is 257 g/mol. The number of aryl methyl sites for hydroxylation is 1. The van der Waals surface area contributed by atoms with E-state index < -0.39 is 0 Å². The van der Waals surface area contributed by atoms with Gasteiger partial charge in [0.05, 0.1) is 11.1 Å². The van der Waals surface area contributed by atoms with Crippen molar-refractivity contribution in [2.24, 2.45) is 0 Å². The fourth-order valence-electron chi connectivity index (χ4n) is 1.33. The van der Waals surface area contributed by atoms with Gasteiger partial charge in [-0.05, 0) is 40.9 Å². The highest BCUT2D eigenvalue weighted by molar-refractivity contribution is 9.10. The average Bonchev–Trinajstić information content (AvgIpc) is 2.16. The van der Waals surface area contributed by atoms with Crippen molar-refractivity contribution in [1.82, 2.24) is 0 Å². The van der Waals surface area contributed by atoms with Crippen molar-refractivity contribution in [2.75, 3.05) is 6.61 Å². The van der Waals surface area contributed by atoms with Gasteiger partial charge in [-0.1, -0.05) is 31.9 Å². The van der Waals surface area contributed by atoms with Crippen LogP contribution in [0.3, 0.4) is 0 Å². The fraction of sp³-hybridized carbons (Fsp3) is 0.500. The molecule has 1 aromatic rings. The van der Waals surface area contributed by atoms with Crippen molar-refractivity contribution in [1.29, 1.82) is 0 Å². The van der Waals surface area contributed by atoms with E-state index in [2.05, 4.69) is 35.8 Å². The molecule has 0 fully saturated rings. The zero-order chi connectivity index (χ0) is 10.4. The molecule has 2 heteroatoms. The number of para-hydroxylation sites is 1. The van der Waals surface area contributed by atoms with Gasteiger partial charge in [-0.25, -0.2) is 0 Å². The van der Waals surface area contributed by atoms with Crippen molar-refractivity contribution in [3.63, 3.8) is 0 Å². The Hall–Kier alpha value is -0.500. The van der Waals surface area contributed by atoms with E-state index in [1.165, 1.54) is 18.4 Å². The maximum Gasteiger partial charge on any atom is 0.136 e. The molecule has 0 radical (unpaired) electrons. The Morgan fingerprint density at radius 2 is 2.07 bits per heavy atom. The van der Waals surface area contributed by atoms with Crippen molar-refractivity contribution < 1.29 is 4.74 Å². The van der Waals surface area contributed by atoms with Crippen molar-refractivity contribution in [3.05, 3.63) is 28.2 Å². The van der Waals surface area contributed by atoms with Crippen LogP contribution in [0.15, 0.2) is 22.7 Å². The smallest absolute Gasteiger partial charge is 0.136 e. The van der Waals surface area contributed by atoms with Gasteiger partial charge in [0.15, 0.2) is 0 Å².